The van der Waals surface area contributed by atoms with Crippen LogP contribution in [0.3, 0.4) is 0 Å². The van der Waals surface area contributed by atoms with E-state index in [1.807, 2.05) is 0 Å². The van der Waals surface area contributed by atoms with E-state index in [1.165, 1.54) is 40.7 Å². The minimum atomic E-state index is -3.94. The molecule has 0 atom stereocenters. The predicted octanol–water partition coefficient (Wildman–Crippen LogP) is 3.24. The fraction of sp³-hybridized carbons (Fsp3) is 0.292. The van der Waals surface area contributed by atoms with Gasteiger partial charge in [0.15, 0.2) is 0 Å². The van der Waals surface area contributed by atoms with Gasteiger partial charge in [-0.3, -0.25) is 4.79 Å². The quantitative estimate of drug-likeness (QED) is 0.479. The number of amides is 1. The lowest BCUT2D eigenvalue weighted by molar-refractivity contribution is 0.102. The Hall–Kier alpha value is -3.35. The van der Waals surface area contributed by atoms with E-state index in [0.29, 0.717) is 35.7 Å². The highest BCUT2D eigenvalue weighted by Crippen LogP contribution is 2.24. The summed E-state index contributed by atoms with van der Waals surface area (Å²) in [5, 5.41) is 2.70. The number of nitrogens with zero attached hydrogens (tertiary/aromatic N) is 3. The Labute approximate surface area is 210 Å². The molecule has 1 saturated heterocycles. The van der Waals surface area contributed by atoms with Crippen molar-refractivity contribution in [1.82, 2.24) is 14.3 Å². The fourth-order valence-corrected chi connectivity index (χ4v) is 6.44. The normalized spacial score (nSPS) is 14.5. The van der Waals surface area contributed by atoms with Crippen LogP contribution in [0.15, 0.2) is 58.3 Å². The van der Waals surface area contributed by atoms with Gasteiger partial charge in [-0.15, -0.1) is 0 Å². The molecular formula is C24H27N5O5S2. The number of anilines is 2. The van der Waals surface area contributed by atoms with Crippen LogP contribution >= 0.6 is 0 Å². The van der Waals surface area contributed by atoms with E-state index < -0.39 is 26.0 Å². The highest BCUT2D eigenvalue weighted by Gasteiger charge is 2.28. The van der Waals surface area contributed by atoms with E-state index in [-0.39, 0.29) is 21.3 Å². The maximum Gasteiger partial charge on any atom is 0.264 e. The number of carbonyl (C=O) groups excluding carboxylic acids is 1. The Morgan fingerprint density at radius 2 is 1.42 bits per heavy atom. The number of nitrogens with one attached hydrogen (secondary N) is 2. The average Bonchev–Trinajstić information content (AvgIpc) is 3.34. The Balaban J connectivity index is 1.51. The molecular weight excluding hydrogens is 502 g/mol. The third-order valence-corrected chi connectivity index (χ3v) is 9.03. The Bertz CT molecular complexity index is 1490. The van der Waals surface area contributed by atoms with Gasteiger partial charge in [0.05, 0.1) is 9.79 Å². The SMILES string of the molecule is Cc1cc(C)nc(NS(=O)(=O)c2ccc(NC(=O)c3cc(S(=O)(=O)N4CCCC4)ccc3C)cc2)n1. The maximum atomic E-state index is 13.0. The van der Waals surface area contributed by atoms with Crippen molar-refractivity contribution in [3.63, 3.8) is 0 Å². The molecule has 0 bridgehead atoms. The lowest BCUT2D eigenvalue weighted by Gasteiger charge is -2.17. The van der Waals surface area contributed by atoms with Gasteiger partial charge in [0.25, 0.3) is 15.9 Å². The smallest absolute Gasteiger partial charge is 0.264 e. The van der Waals surface area contributed by atoms with Crippen molar-refractivity contribution in [1.29, 1.82) is 0 Å². The van der Waals surface area contributed by atoms with Gasteiger partial charge in [0, 0.05) is 35.7 Å². The zero-order chi connectivity index (χ0) is 26.1. The number of aromatic nitrogens is 2. The summed E-state index contributed by atoms with van der Waals surface area (Å²) >= 11 is 0. The highest BCUT2D eigenvalue weighted by atomic mass is 32.2. The molecule has 0 spiro atoms. The fourth-order valence-electron chi connectivity index (χ4n) is 3.95. The van der Waals surface area contributed by atoms with Crippen molar-refractivity contribution >= 4 is 37.6 Å². The van der Waals surface area contributed by atoms with Gasteiger partial charge in [0.2, 0.25) is 16.0 Å². The average molecular weight is 530 g/mol. The molecule has 0 aliphatic carbocycles. The van der Waals surface area contributed by atoms with Crippen LogP contribution in [0.4, 0.5) is 11.6 Å². The van der Waals surface area contributed by atoms with Crippen LogP contribution in [0, 0.1) is 20.8 Å². The van der Waals surface area contributed by atoms with Crippen LogP contribution < -0.4 is 10.0 Å². The molecule has 4 rings (SSSR count). The molecule has 1 aliphatic heterocycles. The second-order valence-electron chi connectivity index (χ2n) is 8.65. The monoisotopic (exact) mass is 529 g/mol. The van der Waals surface area contributed by atoms with Gasteiger partial charge in [0.1, 0.15) is 0 Å². The van der Waals surface area contributed by atoms with Crippen LogP contribution in [0.1, 0.15) is 40.2 Å². The number of hydrogen-bond acceptors (Lipinski definition) is 7. The number of aryl methyl sites for hydroxylation is 3. The van der Waals surface area contributed by atoms with Crippen molar-refractivity contribution in [2.75, 3.05) is 23.1 Å². The third-order valence-electron chi connectivity index (χ3n) is 5.79. The predicted molar refractivity (Wildman–Crippen MR) is 136 cm³/mol. The van der Waals surface area contributed by atoms with E-state index >= 15 is 0 Å². The van der Waals surface area contributed by atoms with Gasteiger partial charge in [-0.05, 0) is 81.6 Å². The highest BCUT2D eigenvalue weighted by molar-refractivity contribution is 7.92. The summed E-state index contributed by atoms with van der Waals surface area (Å²) in [6, 6.07) is 11.8. The Kier molecular flexibility index (Phi) is 7.12. The van der Waals surface area contributed by atoms with Crippen molar-refractivity contribution < 1.29 is 21.6 Å². The van der Waals surface area contributed by atoms with E-state index in [4.69, 9.17) is 0 Å². The number of carbonyl (C=O) groups is 1. The Morgan fingerprint density at radius 3 is 2.03 bits per heavy atom. The minimum Gasteiger partial charge on any atom is -0.322 e. The third kappa shape index (κ3) is 5.55. The first-order valence-corrected chi connectivity index (χ1v) is 14.3. The summed E-state index contributed by atoms with van der Waals surface area (Å²) < 4.78 is 55.0. The lowest BCUT2D eigenvalue weighted by Crippen LogP contribution is -2.28. The van der Waals surface area contributed by atoms with Crippen molar-refractivity contribution in [3.8, 4) is 0 Å². The van der Waals surface area contributed by atoms with Gasteiger partial charge >= 0.3 is 0 Å². The second-order valence-corrected chi connectivity index (χ2v) is 12.3. The zero-order valence-electron chi connectivity index (χ0n) is 20.1. The molecule has 2 aromatic carbocycles. The van der Waals surface area contributed by atoms with Gasteiger partial charge in [-0.25, -0.2) is 31.5 Å². The van der Waals surface area contributed by atoms with Crippen LogP contribution in [-0.4, -0.2) is 50.1 Å². The van der Waals surface area contributed by atoms with E-state index in [0.717, 1.165) is 12.8 Å². The summed E-state index contributed by atoms with van der Waals surface area (Å²) in [4.78, 5) is 21.2. The molecule has 2 N–H and O–H groups in total. The van der Waals surface area contributed by atoms with Gasteiger partial charge in [-0.1, -0.05) is 6.07 Å². The summed E-state index contributed by atoms with van der Waals surface area (Å²) in [5.74, 6) is -0.521. The van der Waals surface area contributed by atoms with Crippen molar-refractivity contribution in [2.45, 2.75) is 43.4 Å². The largest absolute Gasteiger partial charge is 0.322 e. The molecule has 1 amide bonds. The van der Waals surface area contributed by atoms with Crippen LogP contribution in [0.25, 0.3) is 0 Å². The first-order chi connectivity index (χ1) is 17.0. The molecule has 1 fully saturated rings. The zero-order valence-corrected chi connectivity index (χ0v) is 21.8. The lowest BCUT2D eigenvalue weighted by atomic mass is 10.1. The molecule has 2 heterocycles. The van der Waals surface area contributed by atoms with Gasteiger partial charge < -0.3 is 5.32 Å². The molecule has 12 heteroatoms. The maximum absolute atomic E-state index is 13.0. The van der Waals surface area contributed by atoms with Crippen molar-refractivity contribution in [3.05, 3.63) is 71.0 Å². The molecule has 1 aliphatic rings. The molecule has 0 saturated carbocycles. The molecule has 36 heavy (non-hydrogen) atoms. The molecule has 0 radical (unpaired) electrons. The summed E-state index contributed by atoms with van der Waals surface area (Å²) in [6.45, 7) is 6.14. The summed E-state index contributed by atoms with van der Waals surface area (Å²) in [6.07, 6.45) is 1.63. The molecule has 3 aromatic rings. The first kappa shape index (κ1) is 25.7. The minimum absolute atomic E-state index is 0.0240. The van der Waals surface area contributed by atoms with Crippen LogP contribution in [-0.2, 0) is 20.0 Å². The van der Waals surface area contributed by atoms with E-state index in [9.17, 15) is 21.6 Å². The van der Waals surface area contributed by atoms with E-state index in [1.54, 1.807) is 32.9 Å². The molecule has 0 unspecified atom stereocenters. The van der Waals surface area contributed by atoms with Gasteiger partial charge in [-0.2, -0.15) is 4.31 Å². The molecule has 190 valence electrons. The topological polar surface area (TPSA) is 138 Å². The summed E-state index contributed by atoms with van der Waals surface area (Å²) in [5.41, 5.74) is 2.45. The first-order valence-electron chi connectivity index (χ1n) is 11.3. The standard InChI is InChI=1S/C24H27N5O5S2/c1-16-6-9-21(36(33,34)29-12-4-5-13-29)15-22(16)23(30)27-19-7-10-20(11-8-19)35(31,32)28-24-25-17(2)14-18(3)26-24/h6-11,14-15H,4-5,12-13H2,1-3H3,(H,27,30)(H,25,26,28). The number of rotatable bonds is 7. The molecule has 10 nitrogen and oxygen atoms in total. The van der Waals surface area contributed by atoms with E-state index in [2.05, 4.69) is 20.0 Å². The number of hydrogen-bond donors (Lipinski definition) is 2. The van der Waals surface area contributed by atoms with Crippen LogP contribution in [0.2, 0.25) is 0 Å². The Morgan fingerprint density at radius 1 is 0.833 bits per heavy atom. The van der Waals surface area contributed by atoms with Crippen molar-refractivity contribution in [2.24, 2.45) is 0 Å². The molecule has 1 aromatic heterocycles. The number of sulfonamides is 2. The number of benzene rings is 2. The van der Waals surface area contributed by atoms with Crippen LogP contribution in [0.5, 0.6) is 0 Å². The second kappa shape index (κ2) is 9.96. The summed E-state index contributed by atoms with van der Waals surface area (Å²) in [7, 11) is -7.61.